The Labute approximate surface area is 149 Å². The lowest BCUT2D eigenvalue weighted by atomic mass is 10.1. The van der Waals surface area contributed by atoms with Gasteiger partial charge in [0.2, 0.25) is 5.91 Å². The molecule has 2 rings (SSSR count). The highest BCUT2D eigenvalue weighted by Crippen LogP contribution is 2.22. The quantitative estimate of drug-likeness (QED) is 0.624. The van der Waals surface area contributed by atoms with E-state index in [1.807, 2.05) is 0 Å². The molecule has 0 aliphatic carbocycles. The lowest BCUT2D eigenvalue weighted by Gasteiger charge is -2.18. The van der Waals surface area contributed by atoms with Crippen LogP contribution in [0.3, 0.4) is 0 Å². The van der Waals surface area contributed by atoms with Crippen LogP contribution in [0.4, 0.5) is 15.8 Å². The Morgan fingerprint density at radius 3 is 2.72 bits per heavy atom. The van der Waals surface area contributed by atoms with Crippen LogP contribution in [0.5, 0.6) is 0 Å². The molecule has 2 aromatic carbocycles. The van der Waals surface area contributed by atoms with Crippen molar-refractivity contribution in [3.05, 3.63) is 68.5 Å². The van der Waals surface area contributed by atoms with Gasteiger partial charge in [-0.2, -0.15) is 0 Å². The van der Waals surface area contributed by atoms with Gasteiger partial charge in [-0.05, 0) is 31.7 Å². The number of carbonyl (C=O) groups excluding carboxylic acids is 1. The number of likely N-dealkylation sites (N-methyl/N-ethyl adjacent to an activating group) is 1. The number of nitrogens with one attached hydrogen (secondary N) is 1. The Morgan fingerprint density at radius 2 is 2.08 bits per heavy atom. The zero-order chi connectivity index (χ0) is 18.6. The number of nitro benzene ring substituents is 1. The summed E-state index contributed by atoms with van der Waals surface area (Å²) in [7, 11) is 1.66. The van der Waals surface area contributed by atoms with Gasteiger partial charge in [-0.1, -0.05) is 23.7 Å². The number of rotatable bonds is 6. The minimum atomic E-state index is -0.526. The summed E-state index contributed by atoms with van der Waals surface area (Å²) in [6, 6.07) is 8.65. The third-order valence-corrected chi connectivity index (χ3v) is 3.96. The van der Waals surface area contributed by atoms with E-state index in [-0.39, 0.29) is 24.7 Å². The molecule has 0 fully saturated rings. The number of halogens is 2. The average Bonchev–Trinajstić information content (AvgIpc) is 2.53. The van der Waals surface area contributed by atoms with Gasteiger partial charge >= 0.3 is 0 Å². The maximum atomic E-state index is 13.8. The Hall–Kier alpha value is -2.51. The Balaban J connectivity index is 2.03. The number of anilines is 1. The van der Waals surface area contributed by atoms with Gasteiger partial charge in [0.25, 0.3) is 5.69 Å². The number of nitrogens with zero attached hydrogens (tertiary/aromatic N) is 2. The molecular weight excluding hydrogens is 349 g/mol. The Kier molecular flexibility index (Phi) is 6.06. The van der Waals surface area contributed by atoms with Crippen LogP contribution in [0, 0.1) is 22.9 Å². The highest BCUT2D eigenvalue weighted by molar-refractivity contribution is 6.31. The predicted octanol–water partition coefficient (Wildman–Crippen LogP) is 3.77. The van der Waals surface area contributed by atoms with Gasteiger partial charge in [0.15, 0.2) is 0 Å². The first kappa shape index (κ1) is 18.8. The molecule has 0 saturated heterocycles. The molecule has 0 spiro atoms. The van der Waals surface area contributed by atoms with Crippen molar-refractivity contribution < 1.29 is 14.1 Å². The molecule has 0 aromatic heterocycles. The summed E-state index contributed by atoms with van der Waals surface area (Å²) in [5, 5.41) is 13.8. The highest BCUT2D eigenvalue weighted by atomic mass is 35.5. The van der Waals surface area contributed by atoms with Crippen LogP contribution in [0.1, 0.15) is 11.1 Å². The molecule has 6 nitrogen and oxygen atoms in total. The van der Waals surface area contributed by atoms with Crippen molar-refractivity contribution in [3.63, 3.8) is 0 Å². The number of aryl methyl sites for hydroxylation is 1. The summed E-state index contributed by atoms with van der Waals surface area (Å²) in [6.45, 7) is 1.88. The first-order valence-corrected chi connectivity index (χ1v) is 7.82. The molecule has 0 aliphatic rings. The second-order valence-corrected chi connectivity index (χ2v) is 6.08. The normalized spacial score (nSPS) is 10.8. The van der Waals surface area contributed by atoms with E-state index >= 15 is 0 Å². The van der Waals surface area contributed by atoms with Gasteiger partial charge in [0, 0.05) is 29.3 Å². The van der Waals surface area contributed by atoms with Crippen LogP contribution < -0.4 is 5.32 Å². The van der Waals surface area contributed by atoms with E-state index < -0.39 is 10.7 Å². The minimum Gasteiger partial charge on any atom is -0.324 e. The van der Waals surface area contributed by atoms with Crippen LogP contribution in [-0.4, -0.2) is 29.3 Å². The number of non-ortho nitro benzene ring substituents is 1. The van der Waals surface area contributed by atoms with Crippen molar-refractivity contribution in [2.75, 3.05) is 18.9 Å². The van der Waals surface area contributed by atoms with Gasteiger partial charge in [-0.15, -0.1) is 0 Å². The van der Waals surface area contributed by atoms with E-state index in [4.69, 9.17) is 11.6 Å². The molecule has 0 atom stereocenters. The van der Waals surface area contributed by atoms with Gasteiger partial charge in [0.1, 0.15) is 5.82 Å². The number of benzene rings is 2. The van der Waals surface area contributed by atoms with Gasteiger partial charge in [0.05, 0.1) is 17.2 Å². The number of nitro groups is 1. The van der Waals surface area contributed by atoms with Crippen molar-refractivity contribution in [3.8, 4) is 0 Å². The molecule has 0 heterocycles. The summed E-state index contributed by atoms with van der Waals surface area (Å²) < 4.78 is 13.8. The largest absolute Gasteiger partial charge is 0.324 e. The number of amides is 1. The maximum absolute atomic E-state index is 13.8. The first-order valence-electron chi connectivity index (χ1n) is 7.44. The van der Waals surface area contributed by atoms with Crippen molar-refractivity contribution in [1.82, 2.24) is 4.90 Å². The van der Waals surface area contributed by atoms with Gasteiger partial charge in [-0.25, -0.2) is 4.39 Å². The number of carbonyl (C=O) groups is 1. The molecule has 8 heteroatoms. The van der Waals surface area contributed by atoms with E-state index in [0.717, 1.165) is 0 Å². The molecule has 0 radical (unpaired) electrons. The SMILES string of the molecule is Cc1ccc([N+](=O)[O-])cc1NC(=O)CN(C)Cc1c(F)cccc1Cl. The summed E-state index contributed by atoms with van der Waals surface area (Å²) in [6.07, 6.45) is 0. The highest BCUT2D eigenvalue weighted by Gasteiger charge is 2.15. The summed E-state index contributed by atoms with van der Waals surface area (Å²) in [5.74, 6) is -0.798. The molecule has 0 saturated carbocycles. The second-order valence-electron chi connectivity index (χ2n) is 5.68. The van der Waals surface area contributed by atoms with Crippen molar-refractivity contribution in [2.24, 2.45) is 0 Å². The fraction of sp³-hybridized carbons (Fsp3) is 0.235. The minimum absolute atomic E-state index is 0.0210. The van der Waals surface area contributed by atoms with Crippen molar-refractivity contribution in [1.29, 1.82) is 0 Å². The van der Waals surface area contributed by atoms with Crippen LogP contribution in [0.15, 0.2) is 36.4 Å². The standard InChI is InChI=1S/C17H17ClFN3O3/c1-11-6-7-12(22(24)25)8-16(11)20-17(23)10-21(2)9-13-14(18)4-3-5-15(13)19/h3-8H,9-10H2,1-2H3,(H,20,23). The molecular formula is C17H17ClFN3O3. The Morgan fingerprint density at radius 1 is 1.36 bits per heavy atom. The zero-order valence-corrected chi connectivity index (χ0v) is 14.5. The molecule has 132 valence electrons. The van der Waals surface area contributed by atoms with Gasteiger partial charge < -0.3 is 5.32 Å². The molecule has 0 aliphatic heterocycles. The topological polar surface area (TPSA) is 75.5 Å². The van der Waals surface area contributed by atoms with Crippen molar-refractivity contribution >= 4 is 28.9 Å². The van der Waals surface area contributed by atoms with Gasteiger partial charge in [-0.3, -0.25) is 19.8 Å². The van der Waals surface area contributed by atoms with Crippen molar-refractivity contribution in [2.45, 2.75) is 13.5 Å². The second kappa shape index (κ2) is 8.04. The van der Waals surface area contributed by atoms with E-state index in [2.05, 4.69) is 5.32 Å². The van der Waals surface area contributed by atoms with E-state index in [9.17, 15) is 19.3 Å². The fourth-order valence-corrected chi connectivity index (χ4v) is 2.53. The van der Waals surface area contributed by atoms with E-state index in [0.29, 0.717) is 21.8 Å². The van der Waals surface area contributed by atoms with Crippen LogP contribution in [-0.2, 0) is 11.3 Å². The summed E-state index contributed by atoms with van der Waals surface area (Å²) >= 11 is 5.98. The Bertz CT molecular complexity index is 793. The third kappa shape index (κ3) is 4.98. The number of hydrogen-bond acceptors (Lipinski definition) is 4. The molecule has 1 N–H and O–H groups in total. The monoisotopic (exact) mass is 365 g/mol. The zero-order valence-electron chi connectivity index (χ0n) is 13.8. The maximum Gasteiger partial charge on any atom is 0.271 e. The lowest BCUT2D eigenvalue weighted by Crippen LogP contribution is -2.30. The molecule has 25 heavy (non-hydrogen) atoms. The van der Waals surface area contributed by atoms with Crippen LogP contribution in [0.25, 0.3) is 0 Å². The van der Waals surface area contributed by atoms with Crippen LogP contribution in [0.2, 0.25) is 5.02 Å². The van der Waals surface area contributed by atoms with E-state index in [1.165, 1.54) is 24.3 Å². The number of hydrogen-bond donors (Lipinski definition) is 1. The molecule has 0 bridgehead atoms. The molecule has 2 aromatic rings. The lowest BCUT2D eigenvalue weighted by molar-refractivity contribution is -0.384. The average molecular weight is 366 g/mol. The molecule has 0 unspecified atom stereocenters. The van der Waals surface area contributed by atoms with E-state index in [1.54, 1.807) is 31.0 Å². The molecule has 1 amide bonds. The predicted molar refractivity (Wildman–Crippen MR) is 94.2 cm³/mol. The first-order chi connectivity index (χ1) is 11.8. The summed E-state index contributed by atoms with van der Waals surface area (Å²) in [4.78, 5) is 24.1. The fourth-order valence-electron chi connectivity index (χ4n) is 2.30. The third-order valence-electron chi connectivity index (χ3n) is 3.61. The smallest absolute Gasteiger partial charge is 0.271 e. The van der Waals surface area contributed by atoms with Crippen LogP contribution >= 0.6 is 11.6 Å². The summed E-state index contributed by atoms with van der Waals surface area (Å²) in [5.41, 5.74) is 1.29.